The van der Waals surface area contributed by atoms with Crippen molar-refractivity contribution in [1.29, 1.82) is 0 Å². The monoisotopic (exact) mass is 436 g/mol. The van der Waals surface area contributed by atoms with Crippen LogP contribution in [0.3, 0.4) is 0 Å². The number of aryl methyl sites for hydroxylation is 1. The van der Waals surface area contributed by atoms with Crippen LogP contribution < -0.4 is 4.90 Å². The molecule has 2 saturated heterocycles. The first-order valence-electron chi connectivity index (χ1n) is 10.4. The Morgan fingerprint density at radius 2 is 1.90 bits per heavy atom. The molecule has 0 unspecified atom stereocenters. The average Bonchev–Trinajstić information content (AvgIpc) is 3.44. The Labute approximate surface area is 185 Å². The van der Waals surface area contributed by atoms with Gasteiger partial charge in [0.1, 0.15) is 6.04 Å². The van der Waals surface area contributed by atoms with E-state index in [2.05, 4.69) is 12.1 Å². The number of benzene rings is 1. The van der Waals surface area contributed by atoms with E-state index >= 15 is 0 Å². The van der Waals surface area contributed by atoms with Crippen LogP contribution in [0.25, 0.3) is 5.57 Å². The van der Waals surface area contributed by atoms with Crippen molar-refractivity contribution in [2.75, 3.05) is 25.2 Å². The van der Waals surface area contributed by atoms with E-state index < -0.39 is 17.9 Å². The number of carbonyl (C=O) groups excluding carboxylic acids is 3. The van der Waals surface area contributed by atoms with Crippen molar-refractivity contribution in [3.8, 4) is 0 Å². The van der Waals surface area contributed by atoms with E-state index in [0.717, 1.165) is 22.4 Å². The maximum atomic E-state index is 13.7. The van der Waals surface area contributed by atoms with E-state index in [1.807, 2.05) is 42.3 Å². The van der Waals surface area contributed by atoms with Gasteiger partial charge in [-0.2, -0.15) is 0 Å². The number of ketones is 1. The van der Waals surface area contributed by atoms with E-state index in [0.29, 0.717) is 4.88 Å². The molecule has 3 aliphatic heterocycles. The molecule has 0 N–H and O–H groups in total. The predicted molar refractivity (Wildman–Crippen MR) is 119 cm³/mol. The van der Waals surface area contributed by atoms with E-state index in [9.17, 15) is 14.4 Å². The SMILES string of the molecule is COCCN1C(=O)[C@H]2[C@H](C1=O)[C@@H]1C=C(C)c3cc(C)ccc3N1[C@@H]2C(=O)c1cccs1. The Hall–Kier alpha value is -2.77. The third-order valence-corrected chi connectivity index (χ3v) is 7.53. The Bertz CT molecular complexity index is 1110. The zero-order valence-corrected chi connectivity index (χ0v) is 18.5. The molecule has 0 aliphatic carbocycles. The zero-order valence-electron chi connectivity index (χ0n) is 17.7. The van der Waals surface area contributed by atoms with E-state index in [4.69, 9.17) is 4.74 Å². The van der Waals surface area contributed by atoms with Crippen LogP contribution in [0.5, 0.6) is 0 Å². The Balaban J connectivity index is 1.66. The second kappa shape index (κ2) is 7.43. The smallest absolute Gasteiger partial charge is 0.235 e. The van der Waals surface area contributed by atoms with Crippen LogP contribution in [0.15, 0.2) is 41.8 Å². The van der Waals surface area contributed by atoms with Gasteiger partial charge >= 0.3 is 0 Å². The molecule has 1 aromatic carbocycles. The van der Waals surface area contributed by atoms with Gasteiger partial charge in [0.05, 0.1) is 35.9 Å². The first kappa shape index (κ1) is 20.2. The summed E-state index contributed by atoms with van der Waals surface area (Å²) in [5.41, 5.74) is 4.17. The molecule has 1 aromatic heterocycles. The molecule has 7 heteroatoms. The standard InChI is InChI=1S/C24H24N2O4S/c1-13-6-7-16-15(11-13)14(2)12-17-19-20(24(29)25(23(19)28)8-9-30-3)21(26(16)17)22(27)18-5-4-10-31-18/h4-7,10-12,17,19-21H,8-9H2,1-3H3/t17-,19+,20-,21-/m0/s1. The number of amides is 2. The molecule has 31 heavy (non-hydrogen) atoms. The first-order chi connectivity index (χ1) is 14.9. The number of rotatable bonds is 5. The van der Waals surface area contributed by atoms with Crippen molar-refractivity contribution in [2.24, 2.45) is 11.8 Å². The van der Waals surface area contributed by atoms with Gasteiger partial charge in [-0.05, 0) is 43.0 Å². The fourth-order valence-electron chi connectivity index (χ4n) is 5.29. The van der Waals surface area contributed by atoms with Gasteiger partial charge in [-0.1, -0.05) is 23.8 Å². The molecule has 5 rings (SSSR count). The molecule has 0 bridgehead atoms. The molecule has 160 valence electrons. The second-order valence-corrected chi connectivity index (χ2v) is 9.37. The minimum absolute atomic E-state index is 0.0956. The number of carbonyl (C=O) groups is 3. The van der Waals surface area contributed by atoms with Crippen molar-refractivity contribution in [2.45, 2.75) is 25.9 Å². The molecule has 4 atom stereocenters. The highest BCUT2D eigenvalue weighted by Gasteiger charge is 2.64. The van der Waals surface area contributed by atoms with Crippen molar-refractivity contribution in [3.05, 3.63) is 57.8 Å². The van der Waals surface area contributed by atoms with Gasteiger partial charge in [-0.15, -0.1) is 11.3 Å². The number of ether oxygens (including phenoxy) is 1. The topological polar surface area (TPSA) is 66.9 Å². The van der Waals surface area contributed by atoms with Gasteiger partial charge in [-0.25, -0.2) is 0 Å². The molecule has 3 aliphatic rings. The van der Waals surface area contributed by atoms with Crippen molar-refractivity contribution in [1.82, 2.24) is 4.90 Å². The van der Waals surface area contributed by atoms with Crippen LogP contribution in [-0.2, 0) is 14.3 Å². The summed E-state index contributed by atoms with van der Waals surface area (Å²) in [6.45, 7) is 4.56. The normalized spacial score (nSPS) is 26.6. The molecule has 0 radical (unpaired) electrons. The van der Waals surface area contributed by atoms with Gasteiger partial charge in [0.2, 0.25) is 11.8 Å². The molecule has 2 aromatic rings. The van der Waals surface area contributed by atoms with E-state index in [1.165, 1.54) is 16.2 Å². The minimum Gasteiger partial charge on any atom is -0.383 e. The number of Topliss-reactive ketones (excluding diaryl/α,β-unsaturated/α-hetero) is 1. The lowest BCUT2D eigenvalue weighted by molar-refractivity contribution is -0.141. The number of thiophene rings is 1. The highest BCUT2D eigenvalue weighted by atomic mass is 32.1. The third kappa shape index (κ3) is 2.91. The summed E-state index contributed by atoms with van der Waals surface area (Å²) in [7, 11) is 1.54. The van der Waals surface area contributed by atoms with Gasteiger partial charge in [0.25, 0.3) is 0 Å². The van der Waals surface area contributed by atoms with Crippen LogP contribution in [-0.4, -0.2) is 54.8 Å². The molecule has 0 spiro atoms. The van der Waals surface area contributed by atoms with Crippen LogP contribution in [0.1, 0.15) is 27.7 Å². The largest absolute Gasteiger partial charge is 0.383 e. The van der Waals surface area contributed by atoms with Crippen LogP contribution in [0.2, 0.25) is 0 Å². The number of fused-ring (bicyclic) bond motifs is 5. The zero-order chi connectivity index (χ0) is 21.9. The fourth-order valence-corrected chi connectivity index (χ4v) is 5.98. The lowest BCUT2D eigenvalue weighted by atomic mass is 9.86. The summed E-state index contributed by atoms with van der Waals surface area (Å²) in [6.07, 6.45) is 2.06. The number of likely N-dealkylation sites (tertiary alicyclic amines) is 1. The fraction of sp³-hybridized carbons (Fsp3) is 0.375. The maximum absolute atomic E-state index is 13.7. The lowest BCUT2D eigenvalue weighted by Crippen LogP contribution is -2.49. The van der Waals surface area contributed by atoms with Gasteiger partial charge < -0.3 is 9.64 Å². The van der Waals surface area contributed by atoms with Gasteiger partial charge in [0.15, 0.2) is 5.78 Å². The molecule has 2 amide bonds. The highest BCUT2D eigenvalue weighted by molar-refractivity contribution is 7.12. The predicted octanol–water partition coefficient (Wildman–Crippen LogP) is 3.16. The summed E-state index contributed by atoms with van der Waals surface area (Å²) in [5, 5.41) is 1.86. The average molecular weight is 437 g/mol. The van der Waals surface area contributed by atoms with Gasteiger partial charge in [0, 0.05) is 18.4 Å². The van der Waals surface area contributed by atoms with Gasteiger partial charge in [-0.3, -0.25) is 19.3 Å². The number of methoxy groups -OCH3 is 1. The Morgan fingerprint density at radius 1 is 1.13 bits per heavy atom. The summed E-state index contributed by atoms with van der Waals surface area (Å²) < 4.78 is 5.10. The summed E-state index contributed by atoms with van der Waals surface area (Å²) >= 11 is 1.37. The molecule has 6 nitrogen and oxygen atoms in total. The van der Waals surface area contributed by atoms with Crippen molar-refractivity contribution < 1.29 is 19.1 Å². The summed E-state index contributed by atoms with van der Waals surface area (Å²) in [4.78, 5) is 44.4. The Morgan fingerprint density at radius 3 is 2.61 bits per heavy atom. The third-order valence-electron chi connectivity index (χ3n) is 6.65. The second-order valence-electron chi connectivity index (χ2n) is 8.43. The number of hydrogen-bond donors (Lipinski definition) is 0. The molecule has 0 saturated carbocycles. The van der Waals surface area contributed by atoms with Crippen molar-refractivity contribution >= 4 is 40.2 Å². The molecular weight excluding hydrogens is 412 g/mol. The number of allylic oxidation sites excluding steroid dienone is 1. The number of hydrogen-bond acceptors (Lipinski definition) is 6. The number of anilines is 1. The Kier molecular flexibility index (Phi) is 4.83. The molecule has 2 fully saturated rings. The van der Waals surface area contributed by atoms with Crippen molar-refractivity contribution in [3.63, 3.8) is 0 Å². The highest BCUT2D eigenvalue weighted by Crippen LogP contribution is 2.50. The maximum Gasteiger partial charge on any atom is 0.235 e. The lowest BCUT2D eigenvalue weighted by Gasteiger charge is -2.38. The number of nitrogens with zero attached hydrogens (tertiary/aromatic N) is 2. The van der Waals surface area contributed by atoms with Crippen LogP contribution in [0, 0.1) is 18.8 Å². The van der Waals surface area contributed by atoms with Crippen LogP contribution in [0.4, 0.5) is 5.69 Å². The van der Waals surface area contributed by atoms with E-state index in [-0.39, 0.29) is 36.8 Å². The summed E-state index contributed by atoms with van der Waals surface area (Å²) in [6, 6.07) is 8.74. The van der Waals surface area contributed by atoms with E-state index in [1.54, 1.807) is 13.2 Å². The first-order valence-corrected chi connectivity index (χ1v) is 11.3. The minimum atomic E-state index is -0.705. The molecular formula is C24H24N2O4S. The number of imide groups is 1. The van der Waals surface area contributed by atoms with Crippen LogP contribution >= 0.6 is 11.3 Å². The summed E-state index contributed by atoms with van der Waals surface area (Å²) in [5.74, 6) is -1.83. The quantitative estimate of drug-likeness (QED) is 0.532. The molecule has 4 heterocycles.